The Labute approximate surface area is 63.0 Å². The molecule has 0 spiro atoms. The van der Waals surface area contributed by atoms with Gasteiger partial charge in [-0.05, 0) is 0 Å². The molecule has 0 saturated heterocycles. The number of rotatable bonds is 0. The smallest absolute Gasteiger partial charge is 0.304 e. The molecule has 0 aliphatic heterocycles. The lowest BCUT2D eigenvalue weighted by Crippen LogP contribution is -2.68. The molecule has 0 amide bonds. The van der Waals surface area contributed by atoms with Gasteiger partial charge in [0.2, 0.25) is 0 Å². The molecular formula is C2H5ClN4O4. The minimum atomic E-state index is -4.94. The highest BCUT2D eigenvalue weighted by molar-refractivity contribution is 5.15. The number of nitrogens with two attached hydrogens (primary N) is 1. The van der Waals surface area contributed by atoms with Crippen LogP contribution in [0.5, 0.6) is 0 Å². The lowest BCUT2D eigenvalue weighted by atomic mass is 10.8. The molecule has 64 valence electrons. The summed E-state index contributed by atoms with van der Waals surface area (Å²) < 4.78 is 34.0. The molecule has 8 nitrogen and oxygen atoms in total. The van der Waals surface area contributed by atoms with Crippen molar-refractivity contribution in [3.05, 3.63) is 6.20 Å². The third kappa shape index (κ3) is 12.3. The van der Waals surface area contributed by atoms with Crippen LogP contribution in [0, 0.1) is 10.2 Å². The summed E-state index contributed by atoms with van der Waals surface area (Å²) in [4.78, 5) is 0. The highest BCUT2D eigenvalue weighted by atomic mass is 35.7. The van der Waals surface area contributed by atoms with Gasteiger partial charge in [-0.25, -0.2) is 18.6 Å². The summed E-state index contributed by atoms with van der Waals surface area (Å²) in [5.41, 5.74) is 5.10. The summed E-state index contributed by atoms with van der Waals surface area (Å²) >= 11 is 0. The Morgan fingerprint density at radius 3 is 2.00 bits per heavy atom. The zero-order chi connectivity index (χ0) is 8.91. The fraction of sp³-hybridized carbons (Fsp3) is 0. The molecule has 9 heteroatoms. The van der Waals surface area contributed by atoms with E-state index in [1.165, 1.54) is 0 Å². The van der Waals surface area contributed by atoms with Crippen LogP contribution in [0.2, 0.25) is 0 Å². The number of anilines is 1. The maximum Gasteiger partial charge on any atom is 0.304 e. The SMILES string of the molecule is Nc1c[nH+][nH]n1.[O-][Cl+3]([O-])([O-])[O-]. The van der Waals surface area contributed by atoms with Gasteiger partial charge in [-0.1, -0.05) is 5.21 Å². The van der Waals surface area contributed by atoms with E-state index in [9.17, 15) is 0 Å². The molecule has 0 aliphatic carbocycles. The van der Waals surface area contributed by atoms with Gasteiger partial charge < -0.3 is 5.73 Å². The van der Waals surface area contributed by atoms with E-state index in [1.54, 1.807) is 6.20 Å². The molecule has 0 fully saturated rings. The van der Waals surface area contributed by atoms with E-state index in [0.717, 1.165) is 0 Å². The minimum Gasteiger partial charge on any atom is -0.358 e. The molecule has 11 heavy (non-hydrogen) atoms. The van der Waals surface area contributed by atoms with Crippen molar-refractivity contribution < 1.29 is 34.0 Å². The predicted molar refractivity (Wildman–Crippen MR) is 19.6 cm³/mol. The molecule has 1 rings (SSSR count). The van der Waals surface area contributed by atoms with Crippen molar-refractivity contribution in [1.29, 1.82) is 0 Å². The molecule has 0 unspecified atom stereocenters. The maximum atomic E-state index is 8.49. The molecule has 4 N–H and O–H groups in total. The summed E-state index contributed by atoms with van der Waals surface area (Å²) in [5.74, 6) is 0.481. The zero-order valence-corrected chi connectivity index (χ0v) is 5.87. The normalized spacial score (nSPS) is 10.2. The maximum absolute atomic E-state index is 8.49. The Morgan fingerprint density at radius 1 is 1.45 bits per heavy atom. The fourth-order valence-electron chi connectivity index (χ4n) is 0.235. The van der Waals surface area contributed by atoms with E-state index in [1.807, 2.05) is 0 Å². The van der Waals surface area contributed by atoms with Crippen LogP contribution in [0.3, 0.4) is 0 Å². The molecular weight excluding hydrogens is 179 g/mol. The third-order valence-corrected chi connectivity index (χ3v) is 0.470. The Morgan fingerprint density at radius 2 is 1.91 bits per heavy atom. The van der Waals surface area contributed by atoms with Crippen LogP contribution in [0.15, 0.2) is 6.20 Å². The van der Waals surface area contributed by atoms with Crippen molar-refractivity contribution in [3.8, 4) is 0 Å². The van der Waals surface area contributed by atoms with E-state index in [2.05, 4.69) is 15.4 Å². The number of H-pyrrole nitrogens is 2. The molecule has 0 aromatic carbocycles. The first-order valence-electron chi connectivity index (χ1n) is 2.18. The van der Waals surface area contributed by atoms with Gasteiger partial charge in [0.1, 0.15) is 0 Å². The van der Waals surface area contributed by atoms with E-state index in [4.69, 9.17) is 24.4 Å². The Kier molecular flexibility index (Phi) is 3.71. The average molecular weight is 185 g/mol. The van der Waals surface area contributed by atoms with Crippen molar-refractivity contribution in [3.63, 3.8) is 0 Å². The van der Waals surface area contributed by atoms with Gasteiger partial charge in [-0.3, -0.25) is 0 Å². The molecule has 0 radical (unpaired) electrons. The minimum absolute atomic E-state index is 0.481. The lowest BCUT2D eigenvalue weighted by molar-refractivity contribution is -2.00. The molecule has 1 aromatic rings. The van der Waals surface area contributed by atoms with E-state index in [-0.39, 0.29) is 0 Å². The van der Waals surface area contributed by atoms with E-state index < -0.39 is 10.2 Å². The van der Waals surface area contributed by atoms with Gasteiger partial charge in [-0.2, -0.15) is 5.10 Å². The molecule has 1 heterocycles. The first-order valence-corrected chi connectivity index (χ1v) is 3.41. The van der Waals surface area contributed by atoms with Crippen LogP contribution in [-0.2, 0) is 0 Å². The summed E-state index contributed by atoms with van der Waals surface area (Å²) in [5, 5.41) is 8.51. The number of halogens is 1. The van der Waals surface area contributed by atoms with Gasteiger partial charge >= 0.3 is 5.82 Å². The molecule has 0 bridgehead atoms. The Bertz CT molecular complexity index is 176. The number of hydrogen-bond donors (Lipinski definition) is 2. The Hall–Kier alpha value is -0.930. The molecule has 1 aromatic heterocycles. The van der Waals surface area contributed by atoms with Crippen molar-refractivity contribution >= 4 is 5.82 Å². The highest BCUT2D eigenvalue weighted by Gasteiger charge is 1.88. The molecule has 0 atom stereocenters. The third-order valence-electron chi connectivity index (χ3n) is 0.470. The topological polar surface area (TPSA) is 161 Å². The van der Waals surface area contributed by atoms with Crippen molar-refractivity contribution in [2.24, 2.45) is 0 Å². The number of aromatic amines is 2. The van der Waals surface area contributed by atoms with Gasteiger partial charge in [0.05, 0.1) is 5.10 Å². The second-order valence-electron chi connectivity index (χ2n) is 1.32. The van der Waals surface area contributed by atoms with Crippen molar-refractivity contribution in [2.45, 2.75) is 0 Å². The highest BCUT2D eigenvalue weighted by Crippen LogP contribution is 1.77. The van der Waals surface area contributed by atoms with Crippen LogP contribution in [0.25, 0.3) is 0 Å². The predicted octanol–water partition coefficient (Wildman–Crippen LogP) is -5.95. The second-order valence-corrected chi connectivity index (χ2v) is 2.07. The first-order chi connectivity index (χ1) is 4.89. The van der Waals surface area contributed by atoms with Gasteiger partial charge in [-0.15, -0.1) is 10.2 Å². The fourth-order valence-corrected chi connectivity index (χ4v) is 0.235. The van der Waals surface area contributed by atoms with Gasteiger partial charge in [0.15, 0.2) is 6.20 Å². The summed E-state index contributed by atoms with van der Waals surface area (Å²) in [6.45, 7) is 0. The van der Waals surface area contributed by atoms with Crippen LogP contribution in [-0.4, -0.2) is 10.3 Å². The number of nitrogen functional groups attached to an aromatic ring is 1. The number of aromatic nitrogens is 3. The number of nitrogens with zero attached hydrogens (tertiary/aromatic N) is 1. The molecule has 0 saturated carbocycles. The summed E-state index contributed by atoms with van der Waals surface area (Å²) in [6, 6.07) is 0. The van der Waals surface area contributed by atoms with Crippen LogP contribution < -0.4 is 29.5 Å². The second kappa shape index (κ2) is 4.05. The van der Waals surface area contributed by atoms with E-state index >= 15 is 0 Å². The lowest BCUT2D eigenvalue weighted by Gasteiger charge is -2.17. The standard InChI is InChI=1S/C2H4N4.ClHO4/c3-2-1-4-6-5-2;2-1(3,4)5/h1H,(H3,3,4,5,6);(H,2,3,4,5). The first kappa shape index (κ1) is 10.1. The zero-order valence-electron chi connectivity index (χ0n) is 5.11. The van der Waals surface area contributed by atoms with E-state index in [0.29, 0.717) is 5.82 Å². The quantitative estimate of drug-likeness (QED) is 0.408. The monoisotopic (exact) mass is 184 g/mol. The summed E-state index contributed by atoms with van der Waals surface area (Å²) in [7, 11) is -4.94. The summed E-state index contributed by atoms with van der Waals surface area (Å²) in [6.07, 6.45) is 1.57. The largest absolute Gasteiger partial charge is 0.358 e. The number of nitrogens with one attached hydrogen (secondary N) is 2. The van der Waals surface area contributed by atoms with Crippen LogP contribution in [0.4, 0.5) is 5.82 Å². The number of hydrogen-bond acceptors (Lipinski definition) is 6. The van der Waals surface area contributed by atoms with Crippen LogP contribution in [0.1, 0.15) is 0 Å². The van der Waals surface area contributed by atoms with Gasteiger partial charge in [0.25, 0.3) is 0 Å². The Balaban J connectivity index is 0.000000187. The van der Waals surface area contributed by atoms with Crippen molar-refractivity contribution in [2.75, 3.05) is 5.73 Å². The average Bonchev–Trinajstić information content (AvgIpc) is 2.12. The van der Waals surface area contributed by atoms with Crippen LogP contribution >= 0.6 is 0 Å². The van der Waals surface area contributed by atoms with Gasteiger partial charge in [0, 0.05) is 0 Å². The molecule has 0 aliphatic rings. The van der Waals surface area contributed by atoms with Crippen molar-refractivity contribution in [1.82, 2.24) is 10.3 Å².